The van der Waals surface area contributed by atoms with E-state index < -0.39 is 0 Å². The fourth-order valence-corrected chi connectivity index (χ4v) is 3.08. The van der Waals surface area contributed by atoms with Crippen molar-refractivity contribution in [1.82, 2.24) is 25.2 Å². The van der Waals surface area contributed by atoms with E-state index >= 15 is 0 Å². The van der Waals surface area contributed by atoms with Crippen LogP contribution in [0.15, 0.2) is 53.5 Å². The summed E-state index contributed by atoms with van der Waals surface area (Å²) in [6, 6.07) is 15.3. The number of benzene rings is 2. The standard InChI is InChI=1S/C16H11ClN6S/c17-12-6-2-1-5-11(12)9-18-16-21-20-15(24-16)10-23-14-8-4-3-7-13(14)19-22-23/h1-9H,10H2/b18-9+. The third kappa shape index (κ3) is 3.04. The minimum absolute atomic E-state index is 0.514. The molecule has 0 N–H and O–H groups in total. The van der Waals surface area contributed by atoms with E-state index in [1.807, 2.05) is 48.5 Å². The number of para-hydroxylation sites is 1. The van der Waals surface area contributed by atoms with Crippen LogP contribution in [0.5, 0.6) is 0 Å². The maximum absolute atomic E-state index is 6.10. The van der Waals surface area contributed by atoms with Gasteiger partial charge in [0.15, 0.2) is 0 Å². The van der Waals surface area contributed by atoms with E-state index in [4.69, 9.17) is 11.6 Å². The first kappa shape index (κ1) is 14.9. The van der Waals surface area contributed by atoms with Crippen molar-refractivity contribution < 1.29 is 0 Å². The highest BCUT2D eigenvalue weighted by molar-refractivity contribution is 7.14. The lowest BCUT2D eigenvalue weighted by Crippen LogP contribution is -2.01. The molecule has 2 heterocycles. The van der Waals surface area contributed by atoms with Crippen molar-refractivity contribution in [2.75, 3.05) is 0 Å². The van der Waals surface area contributed by atoms with Gasteiger partial charge in [0.05, 0.1) is 12.1 Å². The van der Waals surface area contributed by atoms with Crippen molar-refractivity contribution in [3.05, 3.63) is 64.1 Å². The summed E-state index contributed by atoms with van der Waals surface area (Å²) >= 11 is 7.52. The van der Waals surface area contributed by atoms with Gasteiger partial charge in [0.1, 0.15) is 10.5 Å². The molecule has 0 aliphatic carbocycles. The topological polar surface area (TPSA) is 68.8 Å². The van der Waals surface area contributed by atoms with Gasteiger partial charge in [-0.1, -0.05) is 58.5 Å². The Bertz CT molecular complexity index is 1020. The Morgan fingerprint density at radius 1 is 1.04 bits per heavy atom. The second-order valence-electron chi connectivity index (χ2n) is 4.99. The zero-order chi connectivity index (χ0) is 16.4. The van der Waals surface area contributed by atoms with Crippen molar-refractivity contribution in [3.63, 3.8) is 0 Å². The highest BCUT2D eigenvalue weighted by Crippen LogP contribution is 2.21. The molecular formula is C16H11ClN6S. The van der Waals surface area contributed by atoms with Crippen molar-refractivity contribution in [2.45, 2.75) is 6.54 Å². The normalized spacial score (nSPS) is 11.5. The van der Waals surface area contributed by atoms with Gasteiger partial charge in [-0.2, -0.15) is 0 Å². The Morgan fingerprint density at radius 3 is 2.79 bits per heavy atom. The van der Waals surface area contributed by atoms with E-state index in [0.29, 0.717) is 16.7 Å². The van der Waals surface area contributed by atoms with E-state index in [-0.39, 0.29) is 0 Å². The largest absolute Gasteiger partial charge is 0.238 e. The van der Waals surface area contributed by atoms with Gasteiger partial charge in [-0.3, -0.25) is 0 Å². The molecule has 118 valence electrons. The zero-order valence-corrected chi connectivity index (χ0v) is 13.9. The first-order valence-corrected chi connectivity index (χ1v) is 8.38. The van der Waals surface area contributed by atoms with Gasteiger partial charge in [0.25, 0.3) is 0 Å². The van der Waals surface area contributed by atoms with Gasteiger partial charge < -0.3 is 0 Å². The summed E-state index contributed by atoms with van der Waals surface area (Å²) in [6.45, 7) is 0.514. The van der Waals surface area contributed by atoms with Crippen LogP contribution < -0.4 is 0 Å². The SMILES string of the molecule is Clc1ccccc1/C=N/c1nnc(Cn2nnc3ccccc32)s1. The smallest absolute Gasteiger partial charge is 0.231 e. The Morgan fingerprint density at radius 2 is 1.88 bits per heavy atom. The van der Waals surface area contributed by atoms with Gasteiger partial charge in [0.2, 0.25) is 5.13 Å². The molecule has 0 amide bonds. The van der Waals surface area contributed by atoms with Crippen LogP contribution in [-0.4, -0.2) is 31.4 Å². The summed E-state index contributed by atoms with van der Waals surface area (Å²) < 4.78 is 1.80. The number of aliphatic imine (C=N–C) groups is 1. The lowest BCUT2D eigenvalue weighted by molar-refractivity contribution is 0.662. The van der Waals surface area contributed by atoms with Crippen molar-refractivity contribution in [2.24, 2.45) is 4.99 Å². The highest BCUT2D eigenvalue weighted by atomic mass is 35.5. The summed E-state index contributed by atoms with van der Waals surface area (Å²) in [4.78, 5) is 4.34. The van der Waals surface area contributed by atoms with Crippen molar-refractivity contribution in [3.8, 4) is 0 Å². The van der Waals surface area contributed by atoms with Crippen molar-refractivity contribution >= 4 is 45.3 Å². The minimum atomic E-state index is 0.514. The fourth-order valence-electron chi connectivity index (χ4n) is 2.23. The Kier molecular flexibility index (Phi) is 4.02. The molecule has 0 unspecified atom stereocenters. The average Bonchev–Trinajstić information content (AvgIpc) is 3.22. The number of fused-ring (bicyclic) bond motifs is 1. The Labute approximate surface area is 146 Å². The van der Waals surface area contributed by atoms with Gasteiger partial charge in [-0.05, 0) is 18.2 Å². The van der Waals surface area contributed by atoms with Gasteiger partial charge in [0, 0.05) is 16.8 Å². The molecule has 0 aliphatic heterocycles. The molecule has 0 aliphatic rings. The van der Waals surface area contributed by atoms with E-state index in [9.17, 15) is 0 Å². The predicted molar refractivity (Wildman–Crippen MR) is 95.2 cm³/mol. The van der Waals surface area contributed by atoms with Crippen LogP contribution in [0.25, 0.3) is 11.0 Å². The zero-order valence-electron chi connectivity index (χ0n) is 12.4. The number of hydrogen-bond acceptors (Lipinski definition) is 6. The van der Waals surface area contributed by atoms with E-state index in [2.05, 4.69) is 25.5 Å². The molecule has 0 saturated carbocycles. The van der Waals surface area contributed by atoms with E-state index in [1.54, 1.807) is 10.9 Å². The second kappa shape index (κ2) is 6.46. The van der Waals surface area contributed by atoms with Gasteiger partial charge in [-0.15, -0.1) is 15.3 Å². The molecule has 0 fully saturated rings. The minimum Gasteiger partial charge on any atom is -0.238 e. The molecule has 2 aromatic heterocycles. The molecule has 0 bridgehead atoms. The summed E-state index contributed by atoms with van der Waals surface area (Å²) in [5.41, 5.74) is 2.67. The van der Waals surface area contributed by atoms with Crippen LogP contribution in [0.2, 0.25) is 5.02 Å². The van der Waals surface area contributed by atoms with Crippen LogP contribution in [0.1, 0.15) is 10.6 Å². The first-order chi connectivity index (χ1) is 11.8. The summed E-state index contributed by atoms with van der Waals surface area (Å²) in [6.07, 6.45) is 1.69. The monoisotopic (exact) mass is 354 g/mol. The molecule has 4 aromatic rings. The number of halogens is 1. The lowest BCUT2D eigenvalue weighted by Gasteiger charge is -1.97. The fraction of sp³-hybridized carbons (Fsp3) is 0.0625. The van der Waals surface area contributed by atoms with E-state index in [0.717, 1.165) is 21.6 Å². The molecule has 4 rings (SSSR count). The Balaban J connectivity index is 1.54. The Hall–Kier alpha value is -2.64. The molecule has 0 atom stereocenters. The summed E-state index contributed by atoms with van der Waals surface area (Å²) in [7, 11) is 0. The van der Waals surface area contributed by atoms with Gasteiger partial charge in [-0.25, -0.2) is 9.67 Å². The predicted octanol–water partition coefficient (Wildman–Crippen LogP) is 3.74. The second-order valence-corrected chi connectivity index (χ2v) is 6.44. The number of aromatic nitrogens is 5. The molecule has 8 heteroatoms. The summed E-state index contributed by atoms with van der Waals surface area (Å²) in [5, 5.41) is 18.6. The molecular weight excluding hydrogens is 344 g/mol. The van der Waals surface area contributed by atoms with Crippen LogP contribution >= 0.6 is 22.9 Å². The van der Waals surface area contributed by atoms with E-state index in [1.165, 1.54) is 11.3 Å². The highest BCUT2D eigenvalue weighted by Gasteiger charge is 2.08. The maximum atomic E-state index is 6.10. The van der Waals surface area contributed by atoms with Gasteiger partial charge >= 0.3 is 0 Å². The van der Waals surface area contributed by atoms with Crippen LogP contribution in [-0.2, 0) is 6.54 Å². The molecule has 2 aromatic carbocycles. The molecule has 0 spiro atoms. The van der Waals surface area contributed by atoms with Crippen LogP contribution in [0.4, 0.5) is 5.13 Å². The molecule has 24 heavy (non-hydrogen) atoms. The van der Waals surface area contributed by atoms with Crippen LogP contribution in [0, 0.1) is 0 Å². The summed E-state index contributed by atoms with van der Waals surface area (Å²) in [5.74, 6) is 0. The third-order valence-corrected chi connectivity index (χ3v) is 4.54. The third-order valence-electron chi connectivity index (χ3n) is 3.38. The first-order valence-electron chi connectivity index (χ1n) is 7.19. The quantitative estimate of drug-likeness (QED) is 0.523. The maximum Gasteiger partial charge on any atom is 0.231 e. The molecule has 0 saturated heterocycles. The molecule has 6 nitrogen and oxygen atoms in total. The number of rotatable bonds is 4. The van der Waals surface area contributed by atoms with Crippen LogP contribution in [0.3, 0.4) is 0 Å². The number of nitrogens with zero attached hydrogens (tertiary/aromatic N) is 6. The van der Waals surface area contributed by atoms with Crippen molar-refractivity contribution in [1.29, 1.82) is 0 Å². The average molecular weight is 355 g/mol. The lowest BCUT2D eigenvalue weighted by atomic mass is 10.2. The molecule has 0 radical (unpaired) electrons. The number of hydrogen-bond donors (Lipinski definition) is 0.